The van der Waals surface area contributed by atoms with Gasteiger partial charge in [0.15, 0.2) is 5.96 Å². The zero-order valence-corrected chi connectivity index (χ0v) is 14.3. The number of nitrogens with two attached hydrogens (primary N) is 1. The van der Waals surface area contributed by atoms with Gasteiger partial charge in [-0.3, -0.25) is 0 Å². The van der Waals surface area contributed by atoms with Gasteiger partial charge in [0.1, 0.15) is 5.75 Å². The number of rotatable bonds is 5. The monoisotopic (exact) mass is 311 g/mol. The van der Waals surface area contributed by atoms with Crippen LogP contribution in [0.2, 0.25) is 0 Å². The van der Waals surface area contributed by atoms with Gasteiger partial charge in [-0.1, -0.05) is 18.2 Å². The lowest BCUT2D eigenvalue weighted by molar-refractivity contribution is 0.338. The maximum atomic E-state index is 5.98. The molecular weight excluding hydrogens is 286 g/mol. The third kappa shape index (κ3) is 5.02. The first-order valence-electron chi connectivity index (χ1n) is 7.85. The number of hydrogen-bond donors (Lipinski definition) is 2. The number of benzene rings is 2. The Morgan fingerprint density at radius 1 is 1.09 bits per heavy atom. The standard InChI is InChI=1S/C19H25N3O/c1-5-23-18-7-6-16(11-15(18)4)12-21-19(20)22-17-9-13(2)8-14(3)10-17/h6-11H,5,12H2,1-4H3,(H3,20,21,22). The van der Waals surface area contributed by atoms with E-state index in [1.165, 1.54) is 11.1 Å². The molecule has 0 aliphatic rings. The molecule has 0 bridgehead atoms. The Morgan fingerprint density at radius 3 is 2.39 bits per heavy atom. The minimum absolute atomic E-state index is 0.418. The quantitative estimate of drug-likeness (QED) is 0.649. The van der Waals surface area contributed by atoms with E-state index in [1.54, 1.807) is 0 Å². The predicted octanol–water partition coefficient (Wildman–Crippen LogP) is 3.94. The molecule has 0 unspecified atom stereocenters. The molecule has 3 N–H and O–H groups in total. The van der Waals surface area contributed by atoms with E-state index in [-0.39, 0.29) is 0 Å². The number of nitrogens with one attached hydrogen (secondary N) is 1. The maximum absolute atomic E-state index is 5.98. The molecule has 2 aromatic carbocycles. The van der Waals surface area contributed by atoms with E-state index < -0.39 is 0 Å². The van der Waals surface area contributed by atoms with Crippen molar-refractivity contribution in [3.63, 3.8) is 0 Å². The molecule has 0 radical (unpaired) electrons. The van der Waals surface area contributed by atoms with E-state index in [2.05, 4.69) is 48.4 Å². The second-order valence-corrected chi connectivity index (χ2v) is 5.74. The summed E-state index contributed by atoms with van der Waals surface area (Å²) in [4.78, 5) is 4.41. The zero-order chi connectivity index (χ0) is 16.8. The van der Waals surface area contributed by atoms with Crippen LogP contribution in [-0.4, -0.2) is 12.6 Å². The van der Waals surface area contributed by atoms with Crippen LogP contribution in [0, 0.1) is 20.8 Å². The normalized spacial score (nSPS) is 11.4. The number of hydrogen-bond acceptors (Lipinski definition) is 2. The van der Waals surface area contributed by atoms with Crippen molar-refractivity contribution >= 4 is 11.6 Å². The molecule has 4 heteroatoms. The van der Waals surface area contributed by atoms with Gasteiger partial charge in [-0.05, 0) is 68.1 Å². The van der Waals surface area contributed by atoms with Crippen LogP contribution in [0.1, 0.15) is 29.2 Å². The Labute approximate surface area is 138 Å². The highest BCUT2D eigenvalue weighted by molar-refractivity contribution is 5.92. The van der Waals surface area contributed by atoms with Gasteiger partial charge in [-0.15, -0.1) is 0 Å². The number of aliphatic imine (C=N–C) groups is 1. The van der Waals surface area contributed by atoms with Crippen LogP contribution < -0.4 is 15.8 Å². The average Bonchev–Trinajstić information content (AvgIpc) is 2.47. The molecule has 0 saturated heterocycles. The molecule has 2 aromatic rings. The van der Waals surface area contributed by atoms with Gasteiger partial charge < -0.3 is 15.8 Å². The van der Waals surface area contributed by atoms with Crippen molar-refractivity contribution in [2.24, 2.45) is 10.7 Å². The summed E-state index contributed by atoms with van der Waals surface area (Å²) in [5, 5.41) is 3.14. The van der Waals surface area contributed by atoms with Crippen molar-refractivity contribution in [2.75, 3.05) is 11.9 Å². The summed E-state index contributed by atoms with van der Waals surface area (Å²) in [5.74, 6) is 1.34. The van der Waals surface area contributed by atoms with Crippen LogP contribution in [0.3, 0.4) is 0 Å². The van der Waals surface area contributed by atoms with Crippen molar-refractivity contribution in [3.05, 3.63) is 58.7 Å². The predicted molar refractivity (Wildman–Crippen MR) is 97.2 cm³/mol. The first-order valence-corrected chi connectivity index (χ1v) is 7.85. The Morgan fingerprint density at radius 2 is 1.78 bits per heavy atom. The molecular formula is C19H25N3O. The van der Waals surface area contributed by atoms with E-state index >= 15 is 0 Å². The minimum Gasteiger partial charge on any atom is -0.494 e. The summed E-state index contributed by atoms with van der Waals surface area (Å²) < 4.78 is 5.55. The molecule has 0 atom stereocenters. The molecule has 0 aromatic heterocycles. The Bertz CT molecular complexity index is 688. The van der Waals surface area contributed by atoms with E-state index in [0.29, 0.717) is 19.1 Å². The molecule has 2 rings (SSSR count). The first-order chi connectivity index (χ1) is 11.0. The van der Waals surface area contributed by atoms with Crippen molar-refractivity contribution in [3.8, 4) is 5.75 Å². The van der Waals surface area contributed by atoms with Crippen LogP contribution in [0.5, 0.6) is 5.75 Å². The van der Waals surface area contributed by atoms with E-state index in [1.807, 2.05) is 26.0 Å². The Balaban J connectivity index is 2.03. The lowest BCUT2D eigenvalue weighted by atomic mass is 10.1. The molecule has 0 aliphatic carbocycles. The number of nitrogens with zero attached hydrogens (tertiary/aromatic N) is 1. The molecule has 0 amide bonds. The second kappa shape index (κ2) is 7.68. The molecule has 4 nitrogen and oxygen atoms in total. The van der Waals surface area contributed by atoms with E-state index in [9.17, 15) is 0 Å². The van der Waals surface area contributed by atoms with E-state index in [0.717, 1.165) is 22.6 Å². The minimum atomic E-state index is 0.418. The molecule has 0 fully saturated rings. The lowest BCUT2D eigenvalue weighted by Gasteiger charge is -2.09. The largest absolute Gasteiger partial charge is 0.494 e. The third-order valence-electron chi connectivity index (χ3n) is 3.47. The van der Waals surface area contributed by atoms with Crippen LogP contribution >= 0.6 is 0 Å². The van der Waals surface area contributed by atoms with Crippen LogP contribution in [-0.2, 0) is 6.54 Å². The average molecular weight is 311 g/mol. The summed E-state index contributed by atoms with van der Waals surface area (Å²) in [6, 6.07) is 12.3. The van der Waals surface area contributed by atoms with Gasteiger partial charge in [-0.2, -0.15) is 0 Å². The van der Waals surface area contributed by atoms with Crippen molar-refractivity contribution < 1.29 is 4.74 Å². The van der Waals surface area contributed by atoms with Crippen LogP contribution in [0.25, 0.3) is 0 Å². The maximum Gasteiger partial charge on any atom is 0.193 e. The van der Waals surface area contributed by atoms with Crippen molar-refractivity contribution in [1.82, 2.24) is 0 Å². The molecule has 0 heterocycles. The van der Waals surface area contributed by atoms with Gasteiger partial charge in [0.25, 0.3) is 0 Å². The highest BCUT2D eigenvalue weighted by Crippen LogP contribution is 2.19. The topological polar surface area (TPSA) is 59.6 Å². The number of guanidine groups is 1. The fraction of sp³-hybridized carbons (Fsp3) is 0.316. The third-order valence-corrected chi connectivity index (χ3v) is 3.47. The summed E-state index contributed by atoms with van der Waals surface area (Å²) >= 11 is 0. The number of ether oxygens (including phenoxy) is 1. The van der Waals surface area contributed by atoms with Crippen LogP contribution in [0.15, 0.2) is 41.4 Å². The fourth-order valence-corrected chi connectivity index (χ4v) is 2.54. The lowest BCUT2D eigenvalue weighted by Crippen LogP contribution is -2.22. The van der Waals surface area contributed by atoms with Crippen LogP contribution in [0.4, 0.5) is 5.69 Å². The highest BCUT2D eigenvalue weighted by Gasteiger charge is 2.01. The van der Waals surface area contributed by atoms with Gasteiger partial charge >= 0.3 is 0 Å². The first kappa shape index (κ1) is 16.9. The summed E-state index contributed by atoms with van der Waals surface area (Å²) in [6.45, 7) is 9.36. The van der Waals surface area contributed by atoms with Gasteiger partial charge in [0, 0.05) is 5.69 Å². The number of aryl methyl sites for hydroxylation is 3. The molecule has 0 spiro atoms. The van der Waals surface area contributed by atoms with E-state index in [4.69, 9.17) is 10.5 Å². The van der Waals surface area contributed by atoms with Crippen molar-refractivity contribution in [2.45, 2.75) is 34.2 Å². The van der Waals surface area contributed by atoms with Gasteiger partial charge in [0.05, 0.1) is 13.2 Å². The summed E-state index contributed by atoms with van der Waals surface area (Å²) in [7, 11) is 0. The smallest absolute Gasteiger partial charge is 0.193 e. The molecule has 0 aliphatic heterocycles. The Kier molecular flexibility index (Phi) is 5.63. The summed E-state index contributed by atoms with van der Waals surface area (Å²) in [5.41, 5.74) is 11.6. The Hall–Kier alpha value is -2.49. The SMILES string of the molecule is CCOc1ccc(CN=C(N)Nc2cc(C)cc(C)c2)cc1C. The van der Waals surface area contributed by atoms with Gasteiger partial charge in [0.2, 0.25) is 0 Å². The molecule has 122 valence electrons. The number of anilines is 1. The molecule has 23 heavy (non-hydrogen) atoms. The zero-order valence-electron chi connectivity index (χ0n) is 14.3. The second-order valence-electron chi connectivity index (χ2n) is 5.74. The fourth-order valence-electron chi connectivity index (χ4n) is 2.54. The van der Waals surface area contributed by atoms with Gasteiger partial charge in [-0.25, -0.2) is 4.99 Å². The molecule has 0 saturated carbocycles. The van der Waals surface area contributed by atoms with Crippen molar-refractivity contribution in [1.29, 1.82) is 0 Å². The summed E-state index contributed by atoms with van der Waals surface area (Å²) in [6.07, 6.45) is 0. The highest BCUT2D eigenvalue weighted by atomic mass is 16.5.